The molecule has 3 rings (SSSR count). The molecule has 3 aromatic rings. The normalized spacial score (nSPS) is 11.9. The topological polar surface area (TPSA) is 41.8 Å². The van der Waals surface area contributed by atoms with Crippen molar-refractivity contribution in [2.75, 3.05) is 5.73 Å². The number of para-hydroxylation sites is 1. The van der Waals surface area contributed by atoms with Gasteiger partial charge in [-0.2, -0.15) is 13.2 Å². The Morgan fingerprint density at radius 1 is 0.900 bits per heavy atom. The molecule has 0 bridgehead atoms. The minimum Gasteiger partial charge on any atom is -0.399 e. The third kappa shape index (κ3) is 2.01. The van der Waals surface area contributed by atoms with Crippen LogP contribution in [0.2, 0.25) is 0 Å². The molecule has 0 saturated heterocycles. The number of aromatic nitrogens is 1. The lowest BCUT2D eigenvalue weighted by atomic mass is 10.0. The fourth-order valence-corrected chi connectivity index (χ4v) is 2.30. The predicted octanol–water partition coefficient (Wildman–Crippen LogP) is 4.44. The molecule has 0 aliphatic carbocycles. The number of aromatic amines is 1. The molecule has 0 aliphatic heterocycles. The Balaban J connectivity index is 2.34. The number of hydrogen-bond donors (Lipinski definition) is 2. The number of H-pyrrole nitrogens is 1. The number of nitrogen functional groups attached to an aromatic ring is 1. The van der Waals surface area contributed by atoms with Crippen molar-refractivity contribution in [1.82, 2.24) is 4.98 Å². The molecule has 1 aromatic heterocycles. The first-order valence-electron chi connectivity index (χ1n) is 6.00. The van der Waals surface area contributed by atoms with Crippen LogP contribution >= 0.6 is 0 Å². The van der Waals surface area contributed by atoms with Gasteiger partial charge in [0.05, 0.1) is 0 Å². The molecular formula is C15H11F3N2. The van der Waals surface area contributed by atoms with E-state index in [1.54, 1.807) is 48.5 Å². The smallest absolute Gasteiger partial charge is 0.399 e. The van der Waals surface area contributed by atoms with Gasteiger partial charge in [-0.25, -0.2) is 0 Å². The van der Waals surface area contributed by atoms with Crippen molar-refractivity contribution in [3.8, 4) is 11.1 Å². The number of anilines is 1. The quantitative estimate of drug-likeness (QED) is 0.634. The van der Waals surface area contributed by atoms with Crippen LogP contribution in [0.15, 0.2) is 48.5 Å². The molecule has 5 heteroatoms. The fourth-order valence-electron chi connectivity index (χ4n) is 2.30. The number of rotatable bonds is 1. The highest BCUT2D eigenvalue weighted by Crippen LogP contribution is 2.41. The number of nitrogens with one attached hydrogen (secondary N) is 1. The summed E-state index contributed by atoms with van der Waals surface area (Å²) in [4.78, 5) is 2.46. The predicted molar refractivity (Wildman–Crippen MR) is 73.1 cm³/mol. The molecule has 0 atom stereocenters. The summed E-state index contributed by atoms with van der Waals surface area (Å²) >= 11 is 0. The minimum absolute atomic E-state index is 0.160. The van der Waals surface area contributed by atoms with Gasteiger partial charge in [-0.3, -0.25) is 0 Å². The van der Waals surface area contributed by atoms with Gasteiger partial charge in [0.2, 0.25) is 0 Å². The lowest BCUT2D eigenvalue weighted by Crippen LogP contribution is -2.07. The summed E-state index contributed by atoms with van der Waals surface area (Å²) < 4.78 is 39.6. The van der Waals surface area contributed by atoms with Gasteiger partial charge < -0.3 is 10.7 Å². The average Bonchev–Trinajstić information content (AvgIpc) is 2.79. The lowest BCUT2D eigenvalue weighted by Gasteiger charge is -2.08. The minimum atomic E-state index is -4.43. The highest BCUT2D eigenvalue weighted by atomic mass is 19.4. The highest BCUT2D eigenvalue weighted by Gasteiger charge is 2.36. The first-order valence-corrected chi connectivity index (χ1v) is 6.00. The second kappa shape index (κ2) is 4.30. The summed E-state index contributed by atoms with van der Waals surface area (Å²) in [5.41, 5.74) is 6.48. The Morgan fingerprint density at radius 3 is 2.20 bits per heavy atom. The first kappa shape index (κ1) is 12.6. The van der Waals surface area contributed by atoms with Crippen LogP contribution < -0.4 is 5.73 Å². The van der Waals surface area contributed by atoms with Crippen molar-refractivity contribution in [3.05, 3.63) is 54.2 Å². The summed E-state index contributed by atoms with van der Waals surface area (Å²) in [6.45, 7) is 0. The number of nitrogens with two attached hydrogens (primary N) is 1. The van der Waals surface area contributed by atoms with Crippen LogP contribution in [0.4, 0.5) is 18.9 Å². The van der Waals surface area contributed by atoms with E-state index in [0.29, 0.717) is 22.2 Å². The Labute approximate surface area is 113 Å². The van der Waals surface area contributed by atoms with Crippen molar-refractivity contribution in [3.63, 3.8) is 0 Å². The summed E-state index contributed by atoms with van der Waals surface area (Å²) in [5, 5.41) is 0.546. The molecule has 20 heavy (non-hydrogen) atoms. The number of hydrogen-bond acceptors (Lipinski definition) is 1. The van der Waals surface area contributed by atoms with Gasteiger partial charge in [0.1, 0.15) is 5.69 Å². The van der Waals surface area contributed by atoms with Crippen LogP contribution in [0.3, 0.4) is 0 Å². The van der Waals surface area contributed by atoms with Crippen molar-refractivity contribution in [2.24, 2.45) is 0 Å². The summed E-state index contributed by atoms with van der Waals surface area (Å²) in [7, 11) is 0. The molecule has 2 aromatic carbocycles. The molecule has 1 heterocycles. The Bertz CT molecular complexity index is 755. The zero-order chi connectivity index (χ0) is 14.3. The van der Waals surface area contributed by atoms with Crippen molar-refractivity contribution < 1.29 is 13.2 Å². The first-order chi connectivity index (χ1) is 9.47. The number of alkyl halides is 3. The number of benzene rings is 2. The zero-order valence-electron chi connectivity index (χ0n) is 10.3. The molecule has 102 valence electrons. The lowest BCUT2D eigenvalue weighted by molar-refractivity contribution is -0.140. The van der Waals surface area contributed by atoms with E-state index in [2.05, 4.69) is 4.98 Å². The van der Waals surface area contributed by atoms with E-state index in [0.717, 1.165) is 0 Å². The maximum atomic E-state index is 13.2. The van der Waals surface area contributed by atoms with Crippen molar-refractivity contribution >= 4 is 16.6 Å². The fraction of sp³-hybridized carbons (Fsp3) is 0.0667. The van der Waals surface area contributed by atoms with Crippen LogP contribution in [0.1, 0.15) is 5.69 Å². The SMILES string of the molecule is Nc1ccc(-c2c(C(F)(F)F)[nH]c3ccccc23)cc1. The summed E-state index contributed by atoms with van der Waals surface area (Å²) in [5.74, 6) is 0. The molecule has 0 saturated carbocycles. The number of halogens is 3. The van der Waals surface area contributed by atoms with Gasteiger partial charge >= 0.3 is 6.18 Å². The van der Waals surface area contributed by atoms with Crippen LogP contribution in [0.25, 0.3) is 22.0 Å². The molecule has 2 nitrogen and oxygen atoms in total. The third-order valence-corrected chi connectivity index (χ3v) is 3.19. The van der Waals surface area contributed by atoms with Gasteiger partial charge in [-0.15, -0.1) is 0 Å². The molecular weight excluding hydrogens is 265 g/mol. The van der Waals surface area contributed by atoms with E-state index >= 15 is 0 Å². The monoisotopic (exact) mass is 276 g/mol. The van der Waals surface area contributed by atoms with E-state index < -0.39 is 11.9 Å². The van der Waals surface area contributed by atoms with E-state index in [1.807, 2.05) is 0 Å². The molecule has 0 radical (unpaired) electrons. The molecule has 0 unspecified atom stereocenters. The maximum absolute atomic E-state index is 13.2. The van der Waals surface area contributed by atoms with Gasteiger partial charge in [0, 0.05) is 22.2 Å². The summed E-state index contributed by atoms with van der Waals surface area (Å²) in [6, 6.07) is 13.1. The molecule has 0 aliphatic rings. The molecule has 3 N–H and O–H groups in total. The Kier molecular flexibility index (Phi) is 2.71. The average molecular weight is 276 g/mol. The van der Waals surface area contributed by atoms with Crippen LogP contribution in [-0.2, 0) is 6.18 Å². The Hall–Kier alpha value is -2.43. The van der Waals surface area contributed by atoms with E-state index in [4.69, 9.17) is 5.73 Å². The number of fused-ring (bicyclic) bond motifs is 1. The van der Waals surface area contributed by atoms with Gasteiger partial charge in [0.25, 0.3) is 0 Å². The van der Waals surface area contributed by atoms with E-state index in [-0.39, 0.29) is 5.56 Å². The third-order valence-electron chi connectivity index (χ3n) is 3.19. The highest BCUT2D eigenvalue weighted by molar-refractivity contribution is 5.97. The van der Waals surface area contributed by atoms with Crippen LogP contribution in [0, 0.1) is 0 Å². The van der Waals surface area contributed by atoms with Gasteiger partial charge in [-0.05, 0) is 23.8 Å². The molecule has 0 amide bonds. The van der Waals surface area contributed by atoms with Crippen molar-refractivity contribution in [1.29, 1.82) is 0 Å². The van der Waals surface area contributed by atoms with Crippen molar-refractivity contribution in [2.45, 2.75) is 6.18 Å². The molecule has 0 spiro atoms. The van der Waals surface area contributed by atoms with E-state index in [9.17, 15) is 13.2 Å². The van der Waals surface area contributed by atoms with Gasteiger partial charge in [0.15, 0.2) is 0 Å². The van der Waals surface area contributed by atoms with E-state index in [1.165, 1.54) is 0 Å². The standard InChI is InChI=1S/C15H11F3N2/c16-15(17,18)14-13(9-5-7-10(19)8-6-9)11-3-1-2-4-12(11)20-14/h1-8,20H,19H2. The second-order valence-electron chi connectivity index (χ2n) is 4.54. The second-order valence-corrected chi connectivity index (χ2v) is 4.54. The van der Waals surface area contributed by atoms with Gasteiger partial charge in [-0.1, -0.05) is 30.3 Å². The maximum Gasteiger partial charge on any atom is 0.431 e. The molecule has 0 fully saturated rings. The van der Waals surface area contributed by atoms with Crippen LogP contribution in [0.5, 0.6) is 0 Å². The Morgan fingerprint density at radius 2 is 1.55 bits per heavy atom. The zero-order valence-corrected chi connectivity index (χ0v) is 10.3. The van der Waals surface area contributed by atoms with Crippen LogP contribution in [-0.4, -0.2) is 4.98 Å². The summed E-state index contributed by atoms with van der Waals surface area (Å²) in [6.07, 6.45) is -4.43. The largest absolute Gasteiger partial charge is 0.431 e.